The molecule has 1 N–H and O–H groups in total. The highest BCUT2D eigenvalue weighted by atomic mass is 16.5. The maximum absolute atomic E-state index is 6.02. The first kappa shape index (κ1) is 18.6. The zero-order chi connectivity index (χ0) is 18.4. The van der Waals surface area contributed by atoms with Gasteiger partial charge in [-0.15, -0.1) is 0 Å². The van der Waals surface area contributed by atoms with E-state index in [1.807, 2.05) is 31.3 Å². The van der Waals surface area contributed by atoms with Crippen LogP contribution in [0.15, 0.2) is 41.4 Å². The molecule has 3 rings (SSSR count). The topological polar surface area (TPSA) is 49.3 Å². The Balaban J connectivity index is 1.48. The van der Waals surface area contributed by atoms with Crippen LogP contribution in [0.1, 0.15) is 13.3 Å². The fourth-order valence-corrected chi connectivity index (χ4v) is 3.57. The van der Waals surface area contributed by atoms with Gasteiger partial charge in [-0.05, 0) is 25.5 Å². The number of nitrogens with one attached hydrogen (secondary N) is 1. The Hall–Kier alpha value is -2.21. The van der Waals surface area contributed by atoms with Crippen molar-refractivity contribution in [2.75, 3.05) is 46.9 Å². The van der Waals surface area contributed by atoms with Gasteiger partial charge in [-0.3, -0.25) is 9.89 Å². The molecule has 2 atom stereocenters. The standard InChI is InChI=1S/C20H30N4O2/c1-16(26-19-9-5-4-8-18(19)25-3)14-22-20(21-2)24-13-10-17(15-24)23-11-6-7-12-23/h4-9,16-17H,10-15H2,1-3H3,(H,21,22). The summed E-state index contributed by atoms with van der Waals surface area (Å²) in [6, 6.07) is 8.35. The van der Waals surface area contributed by atoms with Gasteiger partial charge in [-0.25, -0.2) is 0 Å². The molecule has 26 heavy (non-hydrogen) atoms. The van der Waals surface area contributed by atoms with Crippen molar-refractivity contribution in [1.82, 2.24) is 15.1 Å². The van der Waals surface area contributed by atoms with Crippen molar-refractivity contribution in [3.05, 3.63) is 36.4 Å². The van der Waals surface area contributed by atoms with E-state index in [2.05, 4.69) is 39.2 Å². The largest absolute Gasteiger partial charge is 0.493 e. The van der Waals surface area contributed by atoms with Crippen molar-refractivity contribution in [1.29, 1.82) is 0 Å². The fraction of sp³-hybridized carbons (Fsp3) is 0.550. The number of guanidine groups is 1. The Morgan fingerprint density at radius 2 is 2.00 bits per heavy atom. The zero-order valence-corrected chi connectivity index (χ0v) is 16.0. The average Bonchev–Trinajstić information content (AvgIpc) is 3.34. The molecule has 1 saturated heterocycles. The summed E-state index contributed by atoms with van der Waals surface area (Å²) in [5, 5.41) is 3.46. The number of nitrogens with zero attached hydrogens (tertiary/aromatic N) is 3. The molecule has 0 amide bonds. The van der Waals surface area contributed by atoms with Gasteiger partial charge in [0.25, 0.3) is 0 Å². The van der Waals surface area contributed by atoms with Gasteiger partial charge >= 0.3 is 0 Å². The van der Waals surface area contributed by atoms with Crippen molar-refractivity contribution in [3.63, 3.8) is 0 Å². The van der Waals surface area contributed by atoms with Gasteiger partial charge in [0.1, 0.15) is 6.10 Å². The number of hydrogen-bond acceptors (Lipinski definition) is 4. The second-order valence-electron chi connectivity index (χ2n) is 6.82. The first-order chi connectivity index (χ1) is 12.7. The molecule has 0 aromatic heterocycles. The lowest BCUT2D eigenvalue weighted by Gasteiger charge is -2.26. The van der Waals surface area contributed by atoms with Crippen molar-refractivity contribution in [3.8, 4) is 11.5 Å². The molecular weight excluding hydrogens is 328 g/mol. The van der Waals surface area contributed by atoms with Gasteiger partial charge in [0, 0.05) is 39.3 Å². The molecule has 6 heteroatoms. The van der Waals surface area contributed by atoms with Crippen LogP contribution >= 0.6 is 0 Å². The number of hydrogen-bond donors (Lipinski definition) is 1. The first-order valence-electron chi connectivity index (χ1n) is 9.35. The Kier molecular flexibility index (Phi) is 6.39. The molecule has 142 valence electrons. The lowest BCUT2D eigenvalue weighted by molar-refractivity contribution is 0.212. The average molecular weight is 358 g/mol. The number of rotatable bonds is 6. The second kappa shape index (κ2) is 8.94. The molecule has 1 aromatic rings. The van der Waals surface area contributed by atoms with Crippen LogP contribution < -0.4 is 14.8 Å². The number of ether oxygens (including phenoxy) is 2. The fourth-order valence-electron chi connectivity index (χ4n) is 3.57. The quantitative estimate of drug-likeness (QED) is 0.479. The maximum atomic E-state index is 6.02. The second-order valence-corrected chi connectivity index (χ2v) is 6.82. The van der Waals surface area contributed by atoms with Gasteiger partial charge < -0.3 is 19.7 Å². The molecule has 0 bridgehead atoms. The molecule has 0 radical (unpaired) electrons. The molecule has 2 unspecified atom stereocenters. The van der Waals surface area contributed by atoms with Crippen molar-refractivity contribution >= 4 is 5.96 Å². The zero-order valence-electron chi connectivity index (χ0n) is 16.0. The highest BCUT2D eigenvalue weighted by Gasteiger charge is 2.29. The van der Waals surface area contributed by atoms with E-state index < -0.39 is 0 Å². The van der Waals surface area contributed by atoms with E-state index in [-0.39, 0.29) is 6.10 Å². The van der Waals surface area contributed by atoms with Crippen LogP contribution in [0.25, 0.3) is 0 Å². The predicted molar refractivity (Wildman–Crippen MR) is 105 cm³/mol. The molecule has 2 heterocycles. The molecule has 2 aliphatic heterocycles. The van der Waals surface area contributed by atoms with Gasteiger partial charge in [-0.2, -0.15) is 0 Å². The maximum Gasteiger partial charge on any atom is 0.193 e. The number of likely N-dealkylation sites (tertiary alicyclic amines) is 1. The lowest BCUT2D eigenvalue weighted by Crippen LogP contribution is -2.45. The highest BCUT2D eigenvalue weighted by molar-refractivity contribution is 5.80. The predicted octanol–water partition coefficient (Wildman–Crippen LogP) is 1.98. The summed E-state index contributed by atoms with van der Waals surface area (Å²) in [4.78, 5) is 9.34. The van der Waals surface area contributed by atoms with E-state index in [1.54, 1.807) is 7.11 Å². The summed E-state index contributed by atoms with van der Waals surface area (Å²) in [5.41, 5.74) is 0. The number of aliphatic imine (C=N–C) groups is 1. The molecule has 0 saturated carbocycles. The van der Waals surface area contributed by atoms with Crippen LogP contribution in [0, 0.1) is 0 Å². The molecule has 2 aliphatic rings. The van der Waals surface area contributed by atoms with Crippen LogP contribution in [-0.4, -0.2) is 74.8 Å². The molecule has 0 aliphatic carbocycles. The van der Waals surface area contributed by atoms with Gasteiger partial charge in [0.05, 0.1) is 13.7 Å². The minimum absolute atomic E-state index is 0.00392. The van der Waals surface area contributed by atoms with Gasteiger partial charge in [-0.1, -0.05) is 24.3 Å². The van der Waals surface area contributed by atoms with Crippen molar-refractivity contribution < 1.29 is 9.47 Å². The summed E-state index contributed by atoms with van der Waals surface area (Å²) in [6.07, 6.45) is 5.71. The van der Waals surface area contributed by atoms with Crippen LogP contribution in [0.5, 0.6) is 11.5 Å². The SMILES string of the molecule is CN=C(NCC(C)Oc1ccccc1OC)N1CCC(N2CC=CC2)C1. The van der Waals surface area contributed by atoms with E-state index in [0.29, 0.717) is 12.6 Å². The van der Waals surface area contributed by atoms with Crippen molar-refractivity contribution in [2.45, 2.75) is 25.5 Å². The Morgan fingerprint density at radius 1 is 1.27 bits per heavy atom. The summed E-state index contributed by atoms with van der Waals surface area (Å²) in [7, 11) is 3.51. The monoisotopic (exact) mass is 358 g/mol. The number of methoxy groups -OCH3 is 1. The number of benzene rings is 1. The summed E-state index contributed by atoms with van der Waals surface area (Å²) in [6.45, 7) is 6.97. The Labute approximate surface area is 156 Å². The van der Waals surface area contributed by atoms with E-state index in [0.717, 1.165) is 43.6 Å². The molecule has 1 fully saturated rings. The van der Waals surface area contributed by atoms with Crippen LogP contribution in [0.2, 0.25) is 0 Å². The van der Waals surface area contributed by atoms with Crippen LogP contribution in [0.3, 0.4) is 0 Å². The number of para-hydroxylation sites is 2. The van der Waals surface area contributed by atoms with Crippen molar-refractivity contribution in [2.24, 2.45) is 4.99 Å². The van der Waals surface area contributed by atoms with E-state index in [4.69, 9.17) is 9.47 Å². The molecular formula is C20H30N4O2. The summed E-state index contributed by atoms with van der Waals surface area (Å²) < 4.78 is 11.4. The molecule has 0 spiro atoms. The Bertz CT molecular complexity index is 638. The molecule has 1 aromatic carbocycles. The lowest BCUT2D eigenvalue weighted by atomic mass is 10.2. The minimum Gasteiger partial charge on any atom is -0.493 e. The summed E-state index contributed by atoms with van der Waals surface area (Å²) in [5.74, 6) is 2.47. The van der Waals surface area contributed by atoms with E-state index >= 15 is 0 Å². The minimum atomic E-state index is 0.00392. The summed E-state index contributed by atoms with van der Waals surface area (Å²) >= 11 is 0. The third-order valence-electron chi connectivity index (χ3n) is 4.98. The van der Waals surface area contributed by atoms with Crippen LogP contribution in [-0.2, 0) is 0 Å². The van der Waals surface area contributed by atoms with E-state index in [9.17, 15) is 0 Å². The third kappa shape index (κ3) is 4.49. The normalized spacial score (nSPS) is 21.9. The van der Waals surface area contributed by atoms with Gasteiger partial charge in [0.2, 0.25) is 0 Å². The van der Waals surface area contributed by atoms with Gasteiger partial charge in [0.15, 0.2) is 17.5 Å². The third-order valence-corrected chi connectivity index (χ3v) is 4.98. The Morgan fingerprint density at radius 3 is 2.69 bits per heavy atom. The van der Waals surface area contributed by atoms with Crippen LogP contribution in [0.4, 0.5) is 0 Å². The molecule has 6 nitrogen and oxygen atoms in total. The van der Waals surface area contributed by atoms with E-state index in [1.165, 1.54) is 6.42 Å². The smallest absolute Gasteiger partial charge is 0.193 e. The highest BCUT2D eigenvalue weighted by Crippen LogP contribution is 2.26. The first-order valence-corrected chi connectivity index (χ1v) is 9.35.